The summed E-state index contributed by atoms with van der Waals surface area (Å²) in [7, 11) is 0. The largest absolute Gasteiger partial charge is 0.307 e. The number of hydrogen-bond acceptors (Lipinski definition) is 1. The highest BCUT2D eigenvalue weighted by Crippen LogP contribution is 2.34. The second-order valence-corrected chi connectivity index (χ2v) is 6.00. The second-order valence-electron chi connectivity index (χ2n) is 4.68. The van der Waals surface area contributed by atoms with E-state index in [2.05, 4.69) is 40.3 Å². The summed E-state index contributed by atoms with van der Waals surface area (Å²) in [4.78, 5) is 0. The minimum Gasteiger partial charge on any atom is -0.307 e. The summed E-state index contributed by atoms with van der Waals surface area (Å²) in [5.74, 6) is 0. The third-order valence-electron chi connectivity index (χ3n) is 3.37. The molecule has 1 aliphatic rings. The maximum Gasteiger partial charge on any atom is 0.0551 e. The first-order chi connectivity index (χ1) is 8.72. The summed E-state index contributed by atoms with van der Waals surface area (Å²) in [6, 6.07) is 6.35. The van der Waals surface area contributed by atoms with Gasteiger partial charge < -0.3 is 5.32 Å². The third kappa shape index (κ3) is 3.37. The molecule has 98 valence electrons. The van der Waals surface area contributed by atoms with Gasteiger partial charge in [-0.3, -0.25) is 0 Å². The van der Waals surface area contributed by atoms with E-state index < -0.39 is 0 Å². The number of allylic oxidation sites excluding steroid dienone is 1. The monoisotopic (exact) mass is 327 g/mol. The molecule has 0 bridgehead atoms. The van der Waals surface area contributed by atoms with Crippen LogP contribution in [0.25, 0.3) is 0 Å². The molecule has 0 aliphatic heterocycles. The van der Waals surface area contributed by atoms with Gasteiger partial charge in [-0.25, -0.2) is 0 Å². The van der Waals surface area contributed by atoms with Gasteiger partial charge in [0.2, 0.25) is 0 Å². The molecule has 0 aromatic heterocycles. The zero-order valence-electron chi connectivity index (χ0n) is 10.7. The van der Waals surface area contributed by atoms with Crippen LogP contribution >= 0.6 is 27.5 Å². The number of likely N-dealkylation sites (N-methyl/N-ethyl adjacent to an activating group) is 1. The number of rotatable bonds is 4. The molecule has 1 aromatic carbocycles. The van der Waals surface area contributed by atoms with Gasteiger partial charge >= 0.3 is 0 Å². The van der Waals surface area contributed by atoms with E-state index in [1.165, 1.54) is 36.8 Å². The van der Waals surface area contributed by atoms with E-state index in [1.54, 1.807) is 0 Å². The average molecular weight is 329 g/mol. The molecule has 18 heavy (non-hydrogen) atoms. The highest BCUT2D eigenvalue weighted by atomic mass is 79.9. The van der Waals surface area contributed by atoms with Gasteiger partial charge in [0.05, 0.1) is 6.04 Å². The fourth-order valence-corrected chi connectivity index (χ4v) is 3.11. The van der Waals surface area contributed by atoms with Gasteiger partial charge in [-0.1, -0.05) is 46.1 Å². The third-order valence-corrected chi connectivity index (χ3v) is 4.21. The Hall–Kier alpha value is -0.310. The van der Waals surface area contributed by atoms with Crippen molar-refractivity contribution in [2.75, 3.05) is 6.54 Å². The first-order valence-corrected chi connectivity index (χ1v) is 7.76. The van der Waals surface area contributed by atoms with E-state index >= 15 is 0 Å². The lowest BCUT2D eigenvalue weighted by Crippen LogP contribution is -2.24. The van der Waals surface area contributed by atoms with Crippen LogP contribution in [0, 0.1) is 0 Å². The Balaban J connectivity index is 2.34. The van der Waals surface area contributed by atoms with E-state index in [4.69, 9.17) is 11.6 Å². The Labute approximate surface area is 123 Å². The lowest BCUT2D eigenvalue weighted by molar-refractivity contribution is 0.564. The minimum absolute atomic E-state index is 0.264. The molecular weight excluding hydrogens is 310 g/mol. The fourth-order valence-electron chi connectivity index (χ4n) is 2.51. The average Bonchev–Trinajstić information content (AvgIpc) is 2.40. The van der Waals surface area contributed by atoms with Gasteiger partial charge in [0.1, 0.15) is 0 Å². The smallest absolute Gasteiger partial charge is 0.0551 e. The molecule has 1 aliphatic carbocycles. The highest BCUT2D eigenvalue weighted by Gasteiger charge is 2.19. The number of hydrogen-bond donors (Lipinski definition) is 1. The van der Waals surface area contributed by atoms with E-state index in [0.717, 1.165) is 16.0 Å². The summed E-state index contributed by atoms with van der Waals surface area (Å²) in [5, 5.41) is 4.41. The summed E-state index contributed by atoms with van der Waals surface area (Å²) >= 11 is 9.89. The van der Waals surface area contributed by atoms with Crippen LogP contribution in [0.1, 0.15) is 44.2 Å². The van der Waals surface area contributed by atoms with Crippen LogP contribution in [0.2, 0.25) is 5.02 Å². The topological polar surface area (TPSA) is 12.0 Å². The van der Waals surface area contributed by atoms with Gasteiger partial charge in [0, 0.05) is 9.50 Å². The van der Waals surface area contributed by atoms with Crippen molar-refractivity contribution in [1.82, 2.24) is 5.32 Å². The lowest BCUT2D eigenvalue weighted by atomic mass is 9.90. The van der Waals surface area contributed by atoms with Crippen LogP contribution in [-0.2, 0) is 0 Å². The molecule has 0 spiro atoms. The molecule has 0 saturated heterocycles. The molecule has 3 heteroatoms. The molecule has 0 amide bonds. The predicted octanol–water partition coefficient (Wildman–Crippen LogP) is 5.25. The molecule has 1 unspecified atom stereocenters. The van der Waals surface area contributed by atoms with Gasteiger partial charge in [0.25, 0.3) is 0 Å². The molecule has 0 heterocycles. The van der Waals surface area contributed by atoms with Crippen LogP contribution in [0.3, 0.4) is 0 Å². The molecule has 1 atom stereocenters. The predicted molar refractivity (Wildman–Crippen MR) is 82.1 cm³/mol. The molecule has 0 saturated carbocycles. The molecular formula is C15H19BrClN. The molecule has 0 fully saturated rings. The highest BCUT2D eigenvalue weighted by molar-refractivity contribution is 9.10. The minimum atomic E-state index is 0.264. The van der Waals surface area contributed by atoms with Crippen LogP contribution < -0.4 is 5.32 Å². The summed E-state index contributed by atoms with van der Waals surface area (Å²) in [5.41, 5.74) is 2.67. The number of nitrogens with one attached hydrogen (secondary N) is 1. The van der Waals surface area contributed by atoms with Gasteiger partial charge in [-0.05, 0) is 56.0 Å². The molecule has 2 rings (SSSR count). The second kappa shape index (κ2) is 6.74. The van der Waals surface area contributed by atoms with E-state index in [0.29, 0.717) is 0 Å². The zero-order valence-corrected chi connectivity index (χ0v) is 13.0. The van der Waals surface area contributed by atoms with Crippen molar-refractivity contribution in [3.8, 4) is 0 Å². The standard InChI is InChI=1S/C15H19BrClN/c1-2-18-15(11-6-4-3-5-7-11)13-10-12(16)8-9-14(13)17/h6,8-10,15,18H,2-5,7H2,1H3. The van der Waals surface area contributed by atoms with E-state index in [1.807, 2.05) is 12.1 Å². The lowest BCUT2D eigenvalue weighted by Gasteiger charge is -2.25. The SMILES string of the molecule is CCNC(C1=CCCCC1)c1cc(Br)ccc1Cl. The van der Waals surface area contributed by atoms with Crippen molar-refractivity contribution in [3.63, 3.8) is 0 Å². The van der Waals surface area contributed by atoms with E-state index in [-0.39, 0.29) is 6.04 Å². The summed E-state index contributed by atoms with van der Waals surface area (Å²) < 4.78 is 1.08. The van der Waals surface area contributed by atoms with Gasteiger partial charge in [-0.2, -0.15) is 0 Å². The maximum atomic E-state index is 6.36. The van der Waals surface area contributed by atoms with Crippen molar-refractivity contribution < 1.29 is 0 Å². The Kier molecular flexibility index (Phi) is 5.28. The van der Waals surface area contributed by atoms with Gasteiger partial charge in [0.15, 0.2) is 0 Å². The Bertz CT molecular complexity index is 442. The van der Waals surface area contributed by atoms with Gasteiger partial charge in [-0.15, -0.1) is 0 Å². The van der Waals surface area contributed by atoms with Crippen LogP contribution in [0.4, 0.5) is 0 Å². The Morgan fingerprint density at radius 3 is 2.89 bits per heavy atom. The van der Waals surface area contributed by atoms with Crippen LogP contribution in [-0.4, -0.2) is 6.54 Å². The zero-order chi connectivity index (χ0) is 13.0. The number of benzene rings is 1. The summed E-state index contributed by atoms with van der Waals surface area (Å²) in [6.45, 7) is 3.09. The first-order valence-electron chi connectivity index (χ1n) is 6.59. The van der Waals surface area contributed by atoms with Crippen molar-refractivity contribution in [3.05, 3.63) is 44.9 Å². The molecule has 1 nitrogen and oxygen atoms in total. The molecule has 0 radical (unpaired) electrons. The number of halogens is 2. The van der Waals surface area contributed by atoms with Crippen molar-refractivity contribution >= 4 is 27.5 Å². The Morgan fingerprint density at radius 2 is 2.22 bits per heavy atom. The van der Waals surface area contributed by atoms with Crippen molar-refractivity contribution in [1.29, 1.82) is 0 Å². The maximum absolute atomic E-state index is 6.36. The normalized spacial score (nSPS) is 17.4. The van der Waals surface area contributed by atoms with Crippen molar-refractivity contribution in [2.24, 2.45) is 0 Å². The quantitative estimate of drug-likeness (QED) is 0.744. The molecule has 1 aromatic rings. The fraction of sp³-hybridized carbons (Fsp3) is 0.467. The van der Waals surface area contributed by atoms with Crippen LogP contribution in [0.5, 0.6) is 0 Å². The molecule has 1 N–H and O–H groups in total. The van der Waals surface area contributed by atoms with E-state index in [9.17, 15) is 0 Å². The Morgan fingerprint density at radius 1 is 1.39 bits per heavy atom. The van der Waals surface area contributed by atoms with Crippen LogP contribution in [0.15, 0.2) is 34.3 Å². The summed E-state index contributed by atoms with van der Waals surface area (Å²) in [6.07, 6.45) is 7.37. The first kappa shape index (κ1) is 14.1. The van der Waals surface area contributed by atoms with Crippen molar-refractivity contribution in [2.45, 2.75) is 38.6 Å².